The molecule has 2 N–H and O–H groups in total. The predicted octanol–water partition coefficient (Wildman–Crippen LogP) is 6.58. The van der Waals surface area contributed by atoms with Crippen LogP contribution < -0.4 is 10.9 Å². The molecule has 3 atom stereocenters. The van der Waals surface area contributed by atoms with Crippen molar-refractivity contribution in [3.63, 3.8) is 0 Å². The van der Waals surface area contributed by atoms with E-state index in [1.807, 2.05) is 38.1 Å². The summed E-state index contributed by atoms with van der Waals surface area (Å²) in [4.78, 5) is 64.7. The highest BCUT2D eigenvalue weighted by Gasteiger charge is 2.41. The number of aliphatic carboxylic acids is 1. The number of carboxylic acid groups (broad SMARTS) is 1. The van der Waals surface area contributed by atoms with Gasteiger partial charge in [0.15, 0.2) is 0 Å². The number of piperidine rings is 1. The van der Waals surface area contributed by atoms with E-state index in [0.29, 0.717) is 29.8 Å². The van der Waals surface area contributed by atoms with Gasteiger partial charge in [-0.1, -0.05) is 56.0 Å². The molecule has 2 bridgehead atoms. The van der Waals surface area contributed by atoms with E-state index < -0.39 is 12.1 Å². The molecular weight excluding hydrogens is 665 g/mol. The maximum absolute atomic E-state index is 13.4. The van der Waals surface area contributed by atoms with Crippen molar-refractivity contribution < 1.29 is 37.5 Å². The maximum Gasteiger partial charge on any atom is 0.490 e. The first kappa shape index (κ1) is 37.7. The lowest BCUT2D eigenvalue weighted by Gasteiger charge is -2.39. The average Bonchev–Trinajstić information content (AvgIpc) is 3.47. The minimum Gasteiger partial charge on any atom is -0.475 e. The summed E-state index contributed by atoms with van der Waals surface area (Å²) in [5.41, 5.74) is 1.92. The molecule has 1 unspecified atom stereocenters. The monoisotopic (exact) mass is 710 g/mol. The highest BCUT2D eigenvalue weighted by atomic mass is 19.4. The topological polar surface area (TPSA) is 129 Å². The molecule has 0 spiro atoms. The van der Waals surface area contributed by atoms with E-state index in [1.54, 1.807) is 34.9 Å². The average molecular weight is 711 g/mol. The third kappa shape index (κ3) is 8.69. The molecule has 1 aromatic heterocycles. The Labute approximate surface area is 294 Å². The van der Waals surface area contributed by atoms with E-state index in [9.17, 15) is 32.3 Å². The highest BCUT2D eigenvalue weighted by molar-refractivity contribution is 6.21. The van der Waals surface area contributed by atoms with Gasteiger partial charge in [-0.3, -0.25) is 29.0 Å². The molecule has 3 aliphatic heterocycles. The second kappa shape index (κ2) is 16.2. The molecule has 0 aliphatic carbocycles. The van der Waals surface area contributed by atoms with Crippen LogP contribution in [0.5, 0.6) is 0 Å². The molecule has 3 aromatic rings. The van der Waals surface area contributed by atoms with Crippen molar-refractivity contribution in [2.24, 2.45) is 0 Å². The summed E-state index contributed by atoms with van der Waals surface area (Å²) in [6.45, 7) is 5.54. The molecule has 51 heavy (non-hydrogen) atoms. The second-order valence-electron chi connectivity index (χ2n) is 13.9. The number of hydrogen-bond acceptors (Lipinski definition) is 6. The van der Waals surface area contributed by atoms with E-state index in [4.69, 9.17) is 9.90 Å². The molecule has 0 saturated carbocycles. The number of unbranched alkanes of at least 4 members (excludes halogenated alkanes) is 5. The van der Waals surface area contributed by atoms with Crippen molar-refractivity contribution in [3.05, 3.63) is 81.6 Å². The van der Waals surface area contributed by atoms with Gasteiger partial charge < -0.3 is 15.0 Å². The van der Waals surface area contributed by atoms with Crippen LogP contribution in [0.25, 0.3) is 10.9 Å². The third-order valence-corrected chi connectivity index (χ3v) is 10.1. The minimum atomic E-state index is -5.08. The first-order valence-electron chi connectivity index (χ1n) is 17.7. The third-order valence-electron chi connectivity index (χ3n) is 10.1. The molecule has 4 heterocycles. The van der Waals surface area contributed by atoms with E-state index >= 15 is 0 Å². The number of pyridine rings is 1. The Morgan fingerprint density at radius 2 is 1.33 bits per heavy atom. The lowest BCUT2D eigenvalue weighted by atomic mass is 9.96. The standard InChI is InChI=1S/C36H44N4O4.C2HF3O2/c1-24(2)40-32-16-10-7-13-25(32)21-31(36(40)44)33(41)37-26-22-27-17-18-28(23-26)38(27)19-11-5-3-4-6-12-20-39-34(42)29-14-8-9-15-30(29)35(39)43;3-2(4,5)1(6)7/h7-10,13-16,21,24,26-28H,3-6,11-12,17-20,22-23H2,1-2H3,(H,37,41);(H,6,7)/t26?,27-,28+;. The van der Waals surface area contributed by atoms with E-state index in [-0.39, 0.29) is 40.9 Å². The predicted molar refractivity (Wildman–Crippen MR) is 186 cm³/mol. The Bertz CT molecular complexity index is 1770. The number of amides is 3. The Balaban J connectivity index is 0.000000654. The Kier molecular flexibility index (Phi) is 12.0. The molecule has 3 aliphatic rings. The zero-order valence-electron chi connectivity index (χ0n) is 29.0. The molecule has 10 nitrogen and oxygen atoms in total. The van der Waals surface area contributed by atoms with Gasteiger partial charge in [-0.25, -0.2) is 4.79 Å². The van der Waals surface area contributed by atoms with Gasteiger partial charge >= 0.3 is 12.1 Å². The van der Waals surface area contributed by atoms with Crippen LogP contribution in [-0.4, -0.2) is 80.6 Å². The van der Waals surface area contributed by atoms with Crippen LogP contribution in [0.4, 0.5) is 13.2 Å². The number of fused-ring (bicyclic) bond motifs is 4. The number of nitrogens with zero attached hydrogens (tertiary/aromatic N) is 3. The molecule has 2 saturated heterocycles. The zero-order chi connectivity index (χ0) is 36.9. The minimum absolute atomic E-state index is 0.0380. The summed E-state index contributed by atoms with van der Waals surface area (Å²) in [6, 6.07) is 17.6. The number of imide groups is 1. The Morgan fingerprint density at radius 3 is 1.88 bits per heavy atom. The lowest BCUT2D eigenvalue weighted by molar-refractivity contribution is -0.192. The van der Waals surface area contributed by atoms with Gasteiger partial charge in [0.05, 0.1) is 16.6 Å². The van der Waals surface area contributed by atoms with Crippen molar-refractivity contribution in [1.82, 2.24) is 19.7 Å². The SMILES string of the molecule is CC(C)n1c(=O)c(C(=O)NC2C[C@H]3CC[C@@H](C2)N3CCCCCCCCN2C(=O)c3ccccc3C2=O)cc2ccccc21.O=C(O)C(F)(F)F. The van der Waals surface area contributed by atoms with Crippen molar-refractivity contribution in [1.29, 1.82) is 0 Å². The van der Waals surface area contributed by atoms with Crippen LogP contribution >= 0.6 is 0 Å². The van der Waals surface area contributed by atoms with Crippen LogP contribution in [0, 0.1) is 0 Å². The van der Waals surface area contributed by atoms with Gasteiger partial charge in [0, 0.05) is 30.7 Å². The number of alkyl halides is 3. The molecule has 0 radical (unpaired) electrons. The fourth-order valence-corrected chi connectivity index (χ4v) is 7.69. The molecule has 13 heteroatoms. The number of para-hydroxylation sites is 1. The maximum atomic E-state index is 13.4. The number of hydrogen-bond donors (Lipinski definition) is 2. The smallest absolute Gasteiger partial charge is 0.475 e. The van der Waals surface area contributed by atoms with Gasteiger partial charge in [0.1, 0.15) is 5.56 Å². The summed E-state index contributed by atoms with van der Waals surface area (Å²) < 4.78 is 33.5. The molecule has 2 fully saturated rings. The first-order chi connectivity index (χ1) is 24.3. The summed E-state index contributed by atoms with van der Waals surface area (Å²) in [5, 5.41) is 11.3. The van der Waals surface area contributed by atoms with Crippen LogP contribution in [0.2, 0.25) is 0 Å². The summed E-state index contributed by atoms with van der Waals surface area (Å²) in [7, 11) is 0. The quantitative estimate of drug-likeness (QED) is 0.161. The van der Waals surface area contributed by atoms with E-state index in [0.717, 1.165) is 62.4 Å². The van der Waals surface area contributed by atoms with Gasteiger partial charge in [0.25, 0.3) is 23.3 Å². The fraction of sp³-hybridized carbons (Fsp3) is 0.500. The number of halogens is 3. The zero-order valence-corrected chi connectivity index (χ0v) is 29.0. The second-order valence-corrected chi connectivity index (χ2v) is 13.9. The van der Waals surface area contributed by atoms with Crippen LogP contribution in [0.1, 0.15) is 115 Å². The summed E-state index contributed by atoms with van der Waals surface area (Å²) in [5.74, 6) is -3.33. The lowest BCUT2D eigenvalue weighted by Crippen LogP contribution is -2.51. The van der Waals surface area contributed by atoms with Gasteiger partial charge in [0.2, 0.25) is 0 Å². The number of rotatable bonds is 12. The van der Waals surface area contributed by atoms with Crippen LogP contribution in [0.3, 0.4) is 0 Å². The Morgan fingerprint density at radius 1 is 0.824 bits per heavy atom. The van der Waals surface area contributed by atoms with Gasteiger partial charge in [-0.05, 0) is 88.6 Å². The number of carbonyl (C=O) groups is 4. The van der Waals surface area contributed by atoms with E-state index in [2.05, 4.69) is 10.2 Å². The normalized spacial score (nSPS) is 20.0. The fourth-order valence-electron chi connectivity index (χ4n) is 7.69. The number of carbonyl (C=O) groups excluding carboxylic acids is 3. The van der Waals surface area contributed by atoms with Gasteiger partial charge in [-0.2, -0.15) is 13.2 Å². The first-order valence-corrected chi connectivity index (χ1v) is 17.7. The molecule has 6 rings (SSSR count). The summed E-state index contributed by atoms with van der Waals surface area (Å²) in [6.07, 6.45) is 5.60. The van der Waals surface area contributed by atoms with Crippen molar-refractivity contribution in [3.8, 4) is 0 Å². The number of nitrogens with one attached hydrogen (secondary N) is 1. The largest absolute Gasteiger partial charge is 0.490 e. The molecular formula is C38H45F3N4O6. The van der Waals surface area contributed by atoms with E-state index in [1.165, 1.54) is 24.2 Å². The number of aromatic nitrogens is 1. The number of benzene rings is 2. The van der Waals surface area contributed by atoms with Crippen molar-refractivity contribution in [2.45, 2.75) is 108 Å². The van der Waals surface area contributed by atoms with Gasteiger partial charge in [-0.15, -0.1) is 0 Å². The van der Waals surface area contributed by atoms with Crippen LogP contribution in [0.15, 0.2) is 59.4 Å². The molecule has 3 amide bonds. The van der Waals surface area contributed by atoms with Crippen molar-refractivity contribution in [2.75, 3.05) is 13.1 Å². The molecule has 2 aromatic carbocycles. The van der Waals surface area contributed by atoms with Crippen LogP contribution in [-0.2, 0) is 4.79 Å². The Hall–Kier alpha value is -4.52. The molecule has 274 valence electrons. The number of carboxylic acids is 1. The highest BCUT2D eigenvalue weighted by Crippen LogP contribution is 2.36. The summed E-state index contributed by atoms with van der Waals surface area (Å²) >= 11 is 0. The van der Waals surface area contributed by atoms with Crippen molar-refractivity contribution >= 4 is 34.6 Å².